The number of benzene rings is 2. The van der Waals surface area contributed by atoms with Gasteiger partial charge in [-0.1, -0.05) is 42.5 Å². The maximum absolute atomic E-state index is 12.3. The van der Waals surface area contributed by atoms with Crippen molar-refractivity contribution in [3.05, 3.63) is 65.1 Å². The first-order valence-electron chi connectivity index (χ1n) is 8.31. The van der Waals surface area contributed by atoms with Gasteiger partial charge in [0.25, 0.3) is 5.24 Å². The minimum atomic E-state index is -0.160. The number of para-hydroxylation sites is 1. The molecule has 1 fully saturated rings. The highest BCUT2D eigenvalue weighted by atomic mass is 32.2. The van der Waals surface area contributed by atoms with Crippen LogP contribution in [0.2, 0.25) is 0 Å². The van der Waals surface area contributed by atoms with Gasteiger partial charge in [-0.05, 0) is 47.7 Å². The van der Waals surface area contributed by atoms with E-state index in [1.807, 2.05) is 60.7 Å². The van der Waals surface area contributed by atoms with Crippen LogP contribution in [-0.4, -0.2) is 34.7 Å². The predicted octanol–water partition coefficient (Wildman–Crippen LogP) is 4.56. The van der Waals surface area contributed by atoms with Crippen molar-refractivity contribution in [2.45, 2.75) is 6.42 Å². The fourth-order valence-electron chi connectivity index (χ4n) is 2.50. The van der Waals surface area contributed by atoms with Gasteiger partial charge in [0.05, 0.1) is 12.0 Å². The van der Waals surface area contributed by atoms with Gasteiger partial charge in [-0.25, -0.2) is 0 Å². The summed E-state index contributed by atoms with van der Waals surface area (Å²) in [6, 6.07) is 16.7. The molecule has 1 heterocycles. The Bertz CT molecular complexity index is 880. The van der Waals surface area contributed by atoms with E-state index in [1.54, 1.807) is 7.11 Å². The molecule has 0 aliphatic carbocycles. The Balaban J connectivity index is 1.60. The highest BCUT2D eigenvalue weighted by molar-refractivity contribution is 8.19. The number of thiocarbonyl (C=S) groups is 1. The highest BCUT2D eigenvalue weighted by Gasteiger charge is 2.31. The van der Waals surface area contributed by atoms with E-state index in [1.165, 1.54) is 4.90 Å². The number of anilines is 1. The maximum atomic E-state index is 12.3. The number of amides is 2. The Kier molecular flexibility index (Phi) is 6.26. The molecule has 1 aliphatic heterocycles. The van der Waals surface area contributed by atoms with Crippen LogP contribution in [0.15, 0.2) is 59.5 Å². The van der Waals surface area contributed by atoms with Gasteiger partial charge in [0, 0.05) is 18.7 Å². The first-order valence-corrected chi connectivity index (χ1v) is 9.53. The number of hydrogen-bond donors (Lipinski definition) is 1. The average Bonchev–Trinajstić information content (AvgIpc) is 2.94. The van der Waals surface area contributed by atoms with Crippen LogP contribution >= 0.6 is 24.0 Å². The molecule has 0 radical (unpaired) electrons. The third-order valence-electron chi connectivity index (χ3n) is 3.91. The van der Waals surface area contributed by atoms with Crippen molar-refractivity contribution in [3.8, 4) is 5.75 Å². The monoisotopic (exact) mass is 398 g/mol. The topological polar surface area (TPSA) is 58.6 Å². The van der Waals surface area contributed by atoms with Gasteiger partial charge in [0.2, 0.25) is 5.91 Å². The van der Waals surface area contributed by atoms with E-state index in [0.29, 0.717) is 9.89 Å². The molecule has 2 aromatic carbocycles. The molecule has 27 heavy (non-hydrogen) atoms. The molecule has 0 atom stereocenters. The minimum absolute atomic E-state index is 0.158. The van der Waals surface area contributed by atoms with Crippen molar-refractivity contribution in [1.29, 1.82) is 0 Å². The Morgan fingerprint density at radius 2 is 1.89 bits per heavy atom. The summed E-state index contributed by atoms with van der Waals surface area (Å²) in [6.45, 7) is 0.253. The Labute approximate surface area is 167 Å². The van der Waals surface area contributed by atoms with Crippen molar-refractivity contribution in [2.24, 2.45) is 0 Å². The van der Waals surface area contributed by atoms with Crippen LogP contribution in [0.3, 0.4) is 0 Å². The number of thioether (sulfide) groups is 1. The second-order valence-corrected chi connectivity index (χ2v) is 7.15. The van der Waals surface area contributed by atoms with E-state index < -0.39 is 0 Å². The smallest absolute Gasteiger partial charge is 0.291 e. The van der Waals surface area contributed by atoms with E-state index in [-0.39, 0.29) is 24.1 Å². The summed E-state index contributed by atoms with van der Waals surface area (Å²) in [7, 11) is 1.61. The lowest BCUT2D eigenvalue weighted by molar-refractivity contribution is -0.116. The summed E-state index contributed by atoms with van der Waals surface area (Å²) in [5, 5.41) is 2.64. The van der Waals surface area contributed by atoms with Crippen molar-refractivity contribution in [2.75, 3.05) is 19.0 Å². The van der Waals surface area contributed by atoms with Crippen molar-refractivity contribution >= 4 is 51.9 Å². The van der Waals surface area contributed by atoms with Gasteiger partial charge in [-0.2, -0.15) is 0 Å². The first kappa shape index (κ1) is 19.1. The van der Waals surface area contributed by atoms with Crippen LogP contribution < -0.4 is 10.1 Å². The summed E-state index contributed by atoms with van der Waals surface area (Å²) in [4.78, 5) is 27.0. The molecule has 2 amide bonds. The molecule has 3 rings (SSSR count). The molecule has 0 saturated carbocycles. The zero-order valence-corrected chi connectivity index (χ0v) is 16.3. The SMILES string of the molecule is COc1ccc(/C=C2/SC(=O)N(CCC(=O)Nc3ccccc3)C2=S)cc1. The van der Waals surface area contributed by atoms with Gasteiger partial charge < -0.3 is 10.1 Å². The fraction of sp³-hybridized carbons (Fsp3) is 0.150. The van der Waals surface area contributed by atoms with Crippen molar-refractivity contribution in [1.82, 2.24) is 4.90 Å². The van der Waals surface area contributed by atoms with Gasteiger partial charge in [0.1, 0.15) is 10.7 Å². The zero-order chi connectivity index (χ0) is 19.2. The van der Waals surface area contributed by atoms with Crippen LogP contribution in [0.5, 0.6) is 5.75 Å². The van der Waals surface area contributed by atoms with E-state index in [9.17, 15) is 9.59 Å². The average molecular weight is 399 g/mol. The van der Waals surface area contributed by atoms with E-state index in [4.69, 9.17) is 17.0 Å². The third kappa shape index (κ3) is 4.96. The molecule has 138 valence electrons. The predicted molar refractivity (Wildman–Crippen MR) is 113 cm³/mol. The summed E-state index contributed by atoms with van der Waals surface area (Å²) < 4.78 is 5.14. The van der Waals surface area contributed by atoms with Crippen LogP contribution in [0.4, 0.5) is 10.5 Å². The van der Waals surface area contributed by atoms with Crippen molar-refractivity contribution < 1.29 is 14.3 Å². The number of ether oxygens (including phenoxy) is 1. The quantitative estimate of drug-likeness (QED) is 0.571. The van der Waals surface area contributed by atoms with E-state index in [0.717, 1.165) is 28.8 Å². The number of nitrogens with one attached hydrogen (secondary N) is 1. The molecule has 0 bridgehead atoms. The van der Waals surface area contributed by atoms with Gasteiger partial charge in [0.15, 0.2) is 0 Å². The van der Waals surface area contributed by atoms with Crippen LogP contribution in [0.25, 0.3) is 6.08 Å². The lowest BCUT2D eigenvalue weighted by atomic mass is 10.2. The van der Waals surface area contributed by atoms with E-state index >= 15 is 0 Å². The number of methoxy groups -OCH3 is 1. The number of rotatable bonds is 6. The van der Waals surface area contributed by atoms with Gasteiger partial charge >= 0.3 is 0 Å². The third-order valence-corrected chi connectivity index (χ3v) is 5.40. The minimum Gasteiger partial charge on any atom is -0.497 e. The maximum Gasteiger partial charge on any atom is 0.291 e. The molecule has 1 saturated heterocycles. The molecule has 7 heteroatoms. The van der Waals surface area contributed by atoms with Crippen LogP contribution in [-0.2, 0) is 4.79 Å². The Hall–Kier alpha value is -2.64. The molecular formula is C20H18N2O3S2. The molecule has 5 nitrogen and oxygen atoms in total. The molecule has 2 aromatic rings. The largest absolute Gasteiger partial charge is 0.497 e. The number of carbonyl (C=O) groups is 2. The standard InChI is InChI=1S/C20H18N2O3S2/c1-25-16-9-7-14(8-10-16)13-17-19(26)22(20(24)27-17)12-11-18(23)21-15-5-3-2-4-6-15/h2-10,13H,11-12H2,1H3,(H,21,23)/b17-13+. The summed E-state index contributed by atoms with van der Waals surface area (Å²) in [5.74, 6) is 0.607. The second kappa shape index (κ2) is 8.83. The Morgan fingerprint density at radius 1 is 1.19 bits per heavy atom. The van der Waals surface area contributed by atoms with Crippen LogP contribution in [0, 0.1) is 0 Å². The molecular weight excluding hydrogens is 380 g/mol. The highest BCUT2D eigenvalue weighted by Crippen LogP contribution is 2.33. The second-order valence-electron chi connectivity index (χ2n) is 5.77. The number of nitrogens with zero attached hydrogens (tertiary/aromatic N) is 1. The summed E-state index contributed by atoms with van der Waals surface area (Å²) in [5.41, 5.74) is 1.66. The molecule has 0 unspecified atom stereocenters. The molecule has 0 aromatic heterocycles. The van der Waals surface area contributed by atoms with Gasteiger partial charge in [-0.15, -0.1) is 0 Å². The lowest BCUT2D eigenvalue weighted by Gasteiger charge is -2.14. The normalized spacial score (nSPS) is 15.3. The fourth-order valence-corrected chi connectivity index (χ4v) is 3.79. The molecule has 1 aliphatic rings. The molecule has 1 N–H and O–H groups in total. The van der Waals surface area contributed by atoms with Crippen LogP contribution in [0.1, 0.15) is 12.0 Å². The lowest BCUT2D eigenvalue weighted by Crippen LogP contribution is -2.30. The van der Waals surface area contributed by atoms with Gasteiger partial charge in [-0.3, -0.25) is 14.5 Å². The van der Waals surface area contributed by atoms with E-state index in [2.05, 4.69) is 5.32 Å². The first-order chi connectivity index (χ1) is 13.1. The Morgan fingerprint density at radius 3 is 2.56 bits per heavy atom. The summed E-state index contributed by atoms with van der Waals surface area (Å²) >= 11 is 6.51. The molecule has 0 spiro atoms. The number of hydrogen-bond acceptors (Lipinski definition) is 5. The summed E-state index contributed by atoms with van der Waals surface area (Å²) in [6.07, 6.45) is 2.05. The number of carbonyl (C=O) groups excluding carboxylic acids is 2. The van der Waals surface area contributed by atoms with Crippen molar-refractivity contribution in [3.63, 3.8) is 0 Å². The zero-order valence-electron chi connectivity index (χ0n) is 14.7.